The van der Waals surface area contributed by atoms with Gasteiger partial charge in [0.25, 0.3) is 5.91 Å². The number of aryl methyl sites for hydroxylation is 1. The lowest BCUT2D eigenvalue weighted by atomic mass is 10.2. The number of benzene rings is 1. The van der Waals surface area contributed by atoms with Crippen LogP contribution < -0.4 is 10.0 Å². The van der Waals surface area contributed by atoms with Crippen molar-refractivity contribution in [2.24, 2.45) is 7.05 Å². The predicted molar refractivity (Wildman–Crippen MR) is 89.4 cm³/mol. The molecule has 0 radical (unpaired) electrons. The first-order valence-corrected chi connectivity index (χ1v) is 9.14. The second-order valence-electron chi connectivity index (χ2n) is 5.30. The predicted octanol–water partition coefficient (Wildman–Crippen LogP) is 2.41. The Morgan fingerprint density at radius 3 is 2.50 bits per heavy atom. The molecule has 2 rings (SSSR count). The zero-order valence-electron chi connectivity index (χ0n) is 13.5. The maximum Gasteiger partial charge on any atom is 0.417 e. The van der Waals surface area contributed by atoms with Crippen LogP contribution in [0.1, 0.15) is 16.1 Å². The Morgan fingerprint density at radius 2 is 1.92 bits per heavy atom. The van der Waals surface area contributed by atoms with Crippen molar-refractivity contribution in [1.29, 1.82) is 0 Å². The van der Waals surface area contributed by atoms with Gasteiger partial charge < -0.3 is 9.88 Å². The number of hydrogen-bond acceptors (Lipinski definition) is 3. The number of alkyl halides is 3. The van der Waals surface area contributed by atoms with Gasteiger partial charge in [-0.05, 0) is 30.3 Å². The van der Waals surface area contributed by atoms with Crippen LogP contribution in [-0.2, 0) is 23.2 Å². The van der Waals surface area contributed by atoms with Crippen LogP contribution in [0.25, 0.3) is 0 Å². The summed E-state index contributed by atoms with van der Waals surface area (Å²) in [6.45, 7) is -0.378. The van der Waals surface area contributed by atoms with Crippen molar-refractivity contribution in [3.8, 4) is 0 Å². The van der Waals surface area contributed by atoms with Crippen LogP contribution in [0.15, 0.2) is 41.4 Å². The fraction of sp³-hybridized carbons (Fsp3) is 0.267. The maximum absolute atomic E-state index is 13.0. The lowest BCUT2D eigenvalue weighted by molar-refractivity contribution is -0.139. The van der Waals surface area contributed by atoms with E-state index < -0.39 is 32.6 Å². The fourth-order valence-corrected chi connectivity index (χ4v) is 3.59. The van der Waals surface area contributed by atoms with E-state index in [4.69, 9.17) is 11.6 Å². The number of rotatable bonds is 6. The molecule has 0 aliphatic carbocycles. The van der Waals surface area contributed by atoms with E-state index in [1.165, 1.54) is 0 Å². The molecule has 0 aliphatic rings. The van der Waals surface area contributed by atoms with Gasteiger partial charge in [-0.25, -0.2) is 13.1 Å². The van der Waals surface area contributed by atoms with Crippen LogP contribution >= 0.6 is 11.6 Å². The van der Waals surface area contributed by atoms with E-state index >= 15 is 0 Å². The molecule has 0 saturated heterocycles. The van der Waals surface area contributed by atoms with E-state index in [9.17, 15) is 26.4 Å². The molecular weight excluding hydrogens is 395 g/mol. The number of carbonyl (C=O) groups excluding carboxylic acids is 1. The summed E-state index contributed by atoms with van der Waals surface area (Å²) in [5, 5.41) is 2.24. The number of amides is 1. The Balaban J connectivity index is 2.04. The van der Waals surface area contributed by atoms with Gasteiger partial charge in [0, 0.05) is 31.4 Å². The first-order valence-electron chi connectivity index (χ1n) is 7.28. The Kier molecular flexibility index (Phi) is 5.99. The van der Waals surface area contributed by atoms with Gasteiger partial charge in [-0.1, -0.05) is 11.6 Å². The normalized spacial score (nSPS) is 12.2. The fourth-order valence-electron chi connectivity index (χ4n) is 2.18. The molecule has 0 fully saturated rings. The SMILES string of the molecule is Cn1cccc1C(=O)NCCNS(=O)(=O)c1ccc(Cl)cc1C(F)(F)F. The number of aromatic nitrogens is 1. The molecule has 2 aromatic rings. The Bertz CT molecular complexity index is 910. The van der Waals surface area contributed by atoms with Gasteiger partial charge in [0.1, 0.15) is 5.69 Å². The van der Waals surface area contributed by atoms with Crippen molar-refractivity contribution in [2.75, 3.05) is 13.1 Å². The highest BCUT2D eigenvalue weighted by molar-refractivity contribution is 7.89. The number of nitrogens with one attached hydrogen (secondary N) is 2. The Morgan fingerprint density at radius 1 is 1.23 bits per heavy atom. The van der Waals surface area contributed by atoms with Gasteiger partial charge in [0.15, 0.2) is 0 Å². The molecular formula is C15H15ClF3N3O3S. The van der Waals surface area contributed by atoms with E-state index in [0.29, 0.717) is 11.8 Å². The lowest BCUT2D eigenvalue weighted by Gasteiger charge is -2.14. The molecule has 0 aliphatic heterocycles. The van der Waals surface area contributed by atoms with Crippen LogP contribution in [-0.4, -0.2) is 32.0 Å². The molecule has 26 heavy (non-hydrogen) atoms. The smallest absolute Gasteiger partial charge is 0.349 e. The van der Waals surface area contributed by atoms with Crippen LogP contribution in [0.5, 0.6) is 0 Å². The van der Waals surface area contributed by atoms with Gasteiger partial charge in [0.05, 0.1) is 10.5 Å². The average Bonchev–Trinajstić information content (AvgIpc) is 2.96. The molecule has 0 unspecified atom stereocenters. The molecule has 1 aromatic carbocycles. The minimum absolute atomic E-state index is 0.0990. The number of carbonyl (C=O) groups is 1. The molecule has 0 spiro atoms. The first-order chi connectivity index (χ1) is 12.0. The summed E-state index contributed by atoms with van der Waals surface area (Å²) in [4.78, 5) is 10.9. The summed E-state index contributed by atoms with van der Waals surface area (Å²) in [5.74, 6) is -0.431. The molecule has 1 aromatic heterocycles. The Labute approximate surface area is 153 Å². The highest BCUT2D eigenvalue weighted by atomic mass is 35.5. The summed E-state index contributed by atoms with van der Waals surface area (Å²) in [5.41, 5.74) is -0.990. The molecule has 0 saturated carbocycles. The van der Waals surface area contributed by atoms with Gasteiger partial charge >= 0.3 is 6.18 Å². The molecule has 2 N–H and O–H groups in total. The van der Waals surface area contributed by atoms with Crippen molar-refractivity contribution in [1.82, 2.24) is 14.6 Å². The molecule has 11 heteroatoms. The first kappa shape index (κ1) is 20.3. The molecule has 6 nitrogen and oxygen atoms in total. The average molecular weight is 410 g/mol. The van der Waals surface area contributed by atoms with Crippen molar-refractivity contribution < 1.29 is 26.4 Å². The molecule has 0 atom stereocenters. The third kappa shape index (κ3) is 4.77. The van der Waals surface area contributed by atoms with Crippen molar-refractivity contribution >= 4 is 27.5 Å². The monoisotopic (exact) mass is 409 g/mol. The molecule has 0 bridgehead atoms. The van der Waals surface area contributed by atoms with E-state index in [1.54, 1.807) is 29.9 Å². The summed E-state index contributed by atoms with van der Waals surface area (Å²) >= 11 is 5.53. The van der Waals surface area contributed by atoms with Crippen molar-refractivity contribution in [2.45, 2.75) is 11.1 Å². The maximum atomic E-state index is 13.0. The third-order valence-corrected chi connectivity index (χ3v) is 5.17. The van der Waals surface area contributed by atoms with Gasteiger partial charge in [-0.2, -0.15) is 13.2 Å². The number of sulfonamides is 1. The lowest BCUT2D eigenvalue weighted by Crippen LogP contribution is -2.35. The minimum atomic E-state index is -4.88. The van der Waals surface area contributed by atoms with E-state index in [-0.39, 0.29) is 18.1 Å². The summed E-state index contributed by atoms with van der Waals surface area (Å²) < 4.78 is 67.1. The van der Waals surface area contributed by atoms with Crippen molar-refractivity contribution in [3.63, 3.8) is 0 Å². The zero-order chi connectivity index (χ0) is 19.5. The topological polar surface area (TPSA) is 80.2 Å². The number of halogens is 4. The summed E-state index contributed by atoms with van der Waals surface area (Å²) in [6, 6.07) is 5.63. The van der Waals surface area contributed by atoms with Gasteiger partial charge in [0.2, 0.25) is 10.0 Å². The minimum Gasteiger partial charge on any atom is -0.349 e. The molecule has 142 valence electrons. The van der Waals surface area contributed by atoms with Crippen LogP contribution in [0.4, 0.5) is 13.2 Å². The van der Waals surface area contributed by atoms with Crippen LogP contribution in [0, 0.1) is 0 Å². The second-order valence-corrected chi connectivity index (χ2v) is 7.47. The van der Waals surface area contributed by atoms with Crippen molar-refractivity contribution in [3.05, 3.63) is 52.8 Å². The quantitative estimate of drug-likeness (QED) is 0.719. The van der Waals surface area contributed by atoms with E-state index in [0.717, 1.165) is 12.1 Å². The standard InChI is InChI=1S/C15H15ClF3N3O3S/c1-22-8-2-3-12(22)14(23)20-6-7-21-26(24,25)13-5-4-10(16)9-11(13)15(17,18)19/h2-5,8-9,21H,6-7H2,1H3,(H,20,23). The number of hydrogen-bond donors (Lipinski definition) is 2. The highest BCUT2D eigenvalue weighted by Gasteiger charge is 2.37. The van der Waals surface area contributed by atoms with E-state index in [1.807, 2.05) is 4.72 Å². The summed E-state index contributed by atoms with van der Waals surface area (Å²) in [7, 11) is -2.77. The second kappa shape index (κ2) is 7.68. The highest BCUT2D eigenvalue weighted by Crippen LogP contribution is 2.35. The Hall–Kier alpha value is -2.04. The molecule has 1 heterocycles. The molecule has 1 amide bonds. The largest absolute Gasteiger partial charge is 0.417 e. The van der Waals surface area contributed by atoms with Crippen LogP contribution in [0.2, 0.25) is 5.02 Å². The zero-order valence-corrected chi connectivity index (χ0v) is 15.0. The third-order valence-electron chi connectivity index (χ3n) is 3.42. The van der Waals surface area contributed by atoms with Gasteiger partial charge in [-0.3, -0.25) is 4.79 Å². The van der Waals surface area contributed by atoms with E-state index in [2.05, 4.69) is 5.32 Å². The van der Waals surface area contributed by atoms with Crippen LogP contribution in [0.3, 0.4) is 0 Å². The summed E-state index contributed by atoms with van der Waals surface area (Å²) in [6.07, 6.45) is -3.22. The van der Waals surface area contributed by atoms with Gasteiger partial charge in [-0.15, -0.1) is 0 Å². The number of nitrogens with zero attached hydrogens (tertiary/aromatic N) is 1.